The quantitative estimate of drug-likeness (QED) is 0.767. The number of aliphatic hydroxyl groups excluding tert-OH is 1. The largest absolute Gasteiger partial charge is 0.491 e. The van der Waals surface area contributed by atoms with E-state index in [-0.39, 0.29) is 0 Å². The number of para-hydroxylation sites is 1. The molecule has 1 aromatic rings. The van der Waals surface area contributed by atoms with Crippen LogP contribution in [0.5, 0.6) is 5.75 Å². The van der Waals surface area contributed by atoms with Crippen LogP contribution in [0.3, 0.4) is 0 Å². The first kappa shape index (κ1) is 16.2. The maximum atomic E-state index is 10.1. The molecular weight excluding hydrogens is 266 g/mol. The third-order valence-electron chi connectivity index (χ3n) is 4.07. The van der Waals surface area contributed by atoms with Crippen LogP contribution in [0.4, 0.5) is 0 Å². The van der Waals surface area contributed by atoms with Gasteiger partial charge in [-0.1, -0.05) is 18.2 Å². The highest BCUT2D eigenvalue weighted by atomic mass is 16.5. The van der Waals surface area contributed by atoms with Crippen molar-refractivity contribution in [3.63, 3.8) is 0 Å². The minimum atomic E-state index is -0.475. The molecule has 5 heteroatoms. The van der Waals surface area contributed by atoms with Gasteiger partial charge in [0.2, 0.25) is 0 Å². The number of likely N-dealkylation sites (N-methyl/N-ethyl adjacent to an activating group) is 1. The number of benzene rings is 1. The molecule has 21 heavy (non-hydrogen) atoms. The zero-order valence-electron chi connectivity index (χ0n) is 13.0. The van der Waals surface area contributed by atoms with E-state index in [0.717, 1.165) is 30.8 Å². The molecule has 5 nitrogen and oxygen atoms in total. The number of likely N-dealkylation sites (tertiary alicyclic amines) is 1. The molecule has 1 aliphatic rings. The van der Waals surface area contributed by atoms with Gasteiger partial charge in [-0.3, -0.25) is 4.90 Å². The van der Waals surface area contributed by atoms with Gasteiger partial charge in [-0.2, -0.15) is 0 Å². The summed E-state index contributed by atoms with van der Waals surface area (Å²) in [5.74, 6) is 0.770. The van der Waals surface area contributed by atoms with Gasteiger partial charge in [0.15, 0.2) is 0 Å². The summed E-state index contributed by atoms with van der Waals surface area (Å²) >= 11 is 0. The summed E-state index contributed by atoms with van der Waals surface area (Å²) < 4.78 is 5.71. The fraction of sp³-hybridized carbons (Fsp3) is 0.625. The molecule has 118 valence electrons. The third-order valence-corrected chi connectivity index (χ3v) is 4.07. The first-order valence-electron chi connectivity index (χ1n) is 7.57. The van der Waals surface area contributed by atoms with Crippen molar-refractivity contribution in [2.75, 3.05) is 40.3 Å². The predicted molar refractivity (Wildman–Crippen MR) is 84.4 cm³/mol. The van der Waals surface area contributed by atoms with E-state index in [2.05, 4.69) is 23.9 Å². The standard InChI is InChI=1S/C16H27N3O2/c1-18(2)14-7-8-19(10-14)11-15(20)12-21-16-6-4-3-5-13(16)9-17/h3-6,14-15,20H,7-12,17H2,1-2H3. The average molecular weight is 293 g/mol. The lowest BCUT2D eigenvalue weighted by molar-refractivity contribution is 0.0735. The summed E-state index contributed by atoms with van der Waals surface area (Å²) in [7, 11) is 4.22. The molecular formula is C16H27N3O2. The first-order chi connectivity index (χ1) is 10.1. The van der Waals surface area contributed by atoms with Crippen LogP contribution >= 0.6 is 0 Å². The van der Waals surface area contributed by atoms with Crippen LogP contribution in [0.25, 0.3) is 0 Å². The van der Waals surface area contributed by atoms with Crippen molar-refractivity contribution in [2.45, 2.75) is 25.1 Å². The summed E-state index contributed by atoms with van der Waals surface area (Å²) in [4.78, 5) is 4.55. The summed E-state index contributed by atoms with van der Waals surface area (Å²) in [6, 6.07) is 8.30. The monoisotopic (exact) mass is 293 g/mol. The molecule has 0 saturated carbocycles. The maximum Gasteiger partial charge on any atom is 0.123 e. The molecule has 2 atom stereocenters. The Kier molecular flexibility index (Phi) is 5.99. The third kappa shape index (κ3) is 4.68. The molecule has 1 heterocycles. The lowest BCUT2D eigenvalue weighted by Crippen LogP contribution is -2.37. The van der Waals surface area contributed by atoms with Gasteiger partial charge in [0, 0.05) is 31.2 Å². The molecule has 0 radical (unpaired) electrons. The van der Waals surface area contributed by atoms with E-state index < -0.39 is 6.10 Å². The van der Waals surface area contributed by atoms with Crippen LogP contribution in [0, 0.1) is 0 Å². The maximum absolute atomic E-state index is 10.1. The molecule has 1 aliphatic heterocycles. The molecule has 3 N–H and O–H groups in total. The van der Waals surface area contributed by atoms with Crippen molar-refractivity contribution in [1.82, 2.24) is 9.80 Å². The van der Waals surface area contributed by atoms with E-state index in [1.807, 2.05) is 24.3 Å². The second-order valence-corrected chi connectivity index (χ2v) is 5.94. The molecule has 1 aromatic carbocycles. The van der Waals surface area contributed by atoms with Crippen molar-refractivity contribution in [1.29, 1.82) is 0 Å². The summed E-state index contributed by atoms with van der Waals surface area (Å²) in [5.41, 5.74) is 6.65. The Hall–Kier alpha value is -1.14. The van der Waals surface area contributed by atoms with Crippen LogP contribution < -0.4 is 10.5 Å². The normalized spacial score (nSPS) is 20.9. The summed E-state index contributed by atoms with van der Waals surface area (Å²) in [5, 5.41) is 10.1. The van der Waals surface area contributed by atoms with Crippen LogP contribution in [0.2, 0.25) is 0 Å². The van der Waals surface area contributed by atoms with E-state index >= 15 is 0 Å². The fourth-order valence-electron chi connectivity index (χ4n) is 2.75. The highest BCUT2D eigenvalue weighted by Crippen LogP contribution is 2.18. The van der Waals surface area contributed by atoms with E-state index in [0.29, 0.717) is 25.7 Å². The summed E-state index contributed by atoms with van der Waals surface area (Å²) in [6.45, 7) is 3.47. The van der Waals surface area contributed by atoms with Gasteiger partial charge in [0.05, 0.1) is 0 Å². The molecule has 0 aromatic heterocycles. The van der Waals surface area contributed by atoms with Crippen molar-refractivity contribution < 1.29 is 9.84 Å². The van der Waals surface area contributed by atoms with Gasteiger partial charge in [-0.25, -0.2) is 0 Å². The van der Waals surface area contributed by atoms with Crippen LogP contribution in [-0.2, 0) is 6.54 Å². The van der Waals surface area contributed by atoms with Crippen molar-refractivity contribution in [2.24, 2.45) is 5.73 Å². The van der Waals surface area contributed by atoms with E-state index in [1.54, 1.807) is 0 Å². The van der Waals surface area contributed by atoms with E-state index in [1.165, 1.54) is 0 Å². The van der Waals surface area contributed by atoms with E-state index in [9.17, 15) is 5.11 Å². The zero-order chi connectivity index (χ0) is 15.2. The van der Waals surface area contributed by atoms with Gasteiger partial charge in [-0.15, -0.1) is 0 Å². The molecule has 0 aliphatic carbocycles. The Morgan fingerprint density at radius 2 is 2.19 bits per heavy atom. The number of nitrogens with zero attached hydrogens (tertiary/aromatic N) is 2. The minimum absolute atomic E-state index is 0.306. The Bertz CT molecular complexity index is 439. The number of β-amino-alcohol motifs (C(OH)–C–C–N with tert-alkyl or cyclic N) is 1. The Labute approximate surface area is 127 Å². The zero-order valence-corrected chi connectivity index (χ0v) is 13.0. The van der Waals surface area contributed by atoms with Gasteiger partial charge >= 0.3 is 0 Å². The Morgan fingerprint density at radius 3 is 2.86 bits per heavy atom. The predicted octanol–water partition coefficient (Wildman–Crippen LogP) is 0.521. The number of hydrogen-bond donors (Lipinski definition) is 2. The lowest BCUT2D eigenvalue weighted by atomic mass is 10.2. The van der Waals surface area contributed by atoms with Gasteiger partial charge in [0.25, 0.3) is 0 Å². The molecule has 0 bridgehead atoms. The number of nitrogens with two attached hydrogens (primary N) is 1. The molecule has 1 saturated heterocycles. The second kappa shape index (κ2) is 7.75. The van der Waals surface area contributed by atoms with Crippen LogP contribution in [0.15, 0.2) is 24.3 Å². The topological polar surface area (TPSA) is 62.0 Å². The van der Waals surface area contributed by atoms with Gasteiger partial charge < -0.3 is 20.5 Å². The van der Waals surface area contributed by atoms with Gasteiger partial charge in [-0.05, 0) is 33.1 Å². The van der Waals surface area contributed by atoms with Crippen molar-refractivity contribution in [3.8, 4) is 5.75 Å². The van der Waals surface area contributed by atoms with Crippen molar-refractivity contribution >= 4 is 0 Å². The second-order valence-electron chi connectivity index (χ2n) is 5.94. The fourth-order valence-corrected chi connectivity index (χ4v) is 2.75. The number of aliphatic hydroxyl groups is 1. The van der Waals surface area contributed by atoms with Crippen LogP contribution in [0.1, 0.15) is 12.0 Å². The number of ether oxygens (including phenoxy) is 1. The van der Waals surface area contributed by atoms with E-state index in [4.69, 9.17) is 10.5 Å². The Balaban J connectivity index is 1.76. The molecule has 2 unspecified atom stereocenters. The molecule has 1 fully saturated rings. The molecule has 0 spiro atoms. The number of rotatable bonds is 7. The minimum Gasteiger partial charge on any atom is -0.491 e. The highest BCUT2D eigenvalue weighted by molar-refractivity contribution is 5.32. The summed E-state index contributed by atoms with van der Waals surface area (Å²) in [6.07, 6.45) is 0.688. The molecule has 2 rings (SSSR count). The highest BCUT2D eigenvalue weighted by Gasteiger charge is 2.25. The van der Waals surface area contributed by atoms with Gasteiger partial charge in [0.1, 0.15) is 18.5 Å². The average Bonchev–Trinajstić information content (AvgIpc) is 2.94. The van der Waals surface area contributed by atoms with Crippen molar-refractivity contribution in [3.05, 3.63) is 29.8 Å². The Morgan fingerprint density at radius 1 is 1.43 bits per heavy atom. The van der Waals surface area contributed by atoms with Crippen LogP contribution in [-0.4, -0.2) is 67.4 Å². The smallest absolute Gasteiger partial charge is 0.123 e. The SMILES string of the molecule is CN(C)C1CCN(CC(O)COc2ccccc2CN)C1. The number of hydrogen-bond acceptors (Lipinski definition) is 5. The molecule has 0 amide bonds. The first-order valence-corrected chi connectivity index (χ1v) is 7.57. The lowest BCUT2D eigenvalue weighted by Gasteiger charge is -2.22.